The molecule has 226 valence electrons. The summed E-state index contributed by atoms with van der Waals surface area (Å²) >= 11 is 0. The first-order valence-corrected chi connectivity index (χ1v) is 13.9. The highest BCUT2D eigenvalue weighted by Gasteiger charge is 2.41. The van der Waals surface area contributed by atoms with Crippen LogP contribution in [0.5, 0.6) is 5.75 Å². The molecule has 0 saturated heterocycles. The number of carboxylic acid groups (broad SMARTS) is 1. The molecule has 3 aromatic heterocycles. The predicted molar refractivity (Wildman–Crippen MR) is 153 cm³/mol. The van der Waals surface area contributed by atoms with Gasteiger partial charge in [-0.05, 0) is 61.2 Å². The van der Waals surface area contributed by atoms with E-state index in [0.29, 0.717) is 27.9 Å². The monoisotopic (exact) mass is 603 g/mol. The number of aromatic carboxylic acids is 1. The van der Waals surface area contributed by atoms with Crippen molar-refractivity contribution in [3.63, 3.8) is 0 Å². The van der Waals surface area contributed by atoms with Gasteiger partial charge < -0.3 is 14.4 Å². The summed E-state index contributed by atoms with van der Waals surface area (Å²) in [6.45, 7) is 6.49. The number of ether oxygens (including phenoxy) is 1. The maximum Gasteiger partial charge on any atom is 0.434 e. The minimum atomic E-state index is -4.96. The third-order valence-corrected chi connectivity index (χ3v) is 7.45. The van der Waals surface area contributed by atoms with Crippen LogP contribution in [0.3, 0.4) is 0 Å². The molecule has 1 aliphatic rings. The van der Waals surface area contributed by atoms with E-state index in [1.54, 1.807) is 18.2 Å². The summed E-state index contributed by atoms with van der Waals surface area (Å²) in [5.41, 5.74) is 3.91. The van der Waals surface area contributed by atoms with Gasteiger partial charge in [0.15, 0.2) is 11.5 Å². The summed E-state index contributed by atoms with van der Waals surface area (Å²) < 4.78 is 53.4. The van der Waals surface area contributed by atoms with Crippen LogP contribution < -0.4 is 4.74 Å². The number of hydrogen-bond acceptors (Lipinski definition) is 7. The van der Waals surface area contributed by atoms with E-state index in [1.165, 1.54) is 17.2 Å². The molecule has 0 bridgehead atoms. The third-order valence-electron chi connectivity index (χ3n) is 7.45. The van der Waals surface area contributed by atoms with Crippen LogP contribution in [0.4, 0.5) is 13.2 Å². The molecule has 12 heteroatoms. The number of pyridine rings is 1. The number of aromatic nitrogens is 4. The standard InChI is InChI=1S/C32H28F3N5O4/c1-19-6-9-28(43-18-21-7-8-23-16-39(11-10-22(23)14-21)17-24-13-20(2)44-38-24)25(12-19)27-4-3-5-29(37-27)40-30(32(33,34)35)26(15-36-40)31(41)42/h3-9,12-15H,10-11,16-18H2,1-2H3,(H,41,42). The van der Waals surface area contributed by atoms with E-state index in [1.807, 2.05) is 38.1 Å². The van der Waals surface area contributed by atoms with E-state index in [-0.39, 0.29) is 12.4 Å². The number of hydrogen-bond donors (Lipinski definition) is 1. The van der Waals surface area contributed by atoms with E-state index in [9.17, 15) is 23.1 Å². The maximum absolute atomic E-state index is 13.8. The van der Waals surface area contributed by atoms with Gasteiger partial charge in [-0.15, -0.1) is 0 Å². The molecule has 0 atom stereocenters. The normalized spacial score (nSPS) is 13.6. The Kier molecular flexibility index (Phi) is 7.68. The molecule has 4 heterocycles. The minimum absolute atomic E-state index is 0.169. The number of halogens is 3. The Labute approximate surface area is 250 Å². The van der Waals surface area contributed by atoms with Crippen molar-refractivity contribution < 1.29 is 32.3 Å². The van der Waals surface area contributed by atoms with Crippen molar-refractivity contribution in [2.75, 3.05) is 6.54 Å². The quantitative estimate of drug-likeness (QED) is 0.217. The number of alkyl halides is 3. The number of nitrogens with zero attached hydrogens (tertiary/aromatic N) is 5. The first-order chi connectivity index (χ1) is 21.0. The number of benzene rings is 2. The number of carboxylic acids is 1. The van der Waals surface area contributed by atoms with Gasteiger partial charge in [-0.25, -0.2) is 14.5 Å². The Hall–Kier alpha value is -4.97. The minimum Gasteiger partial charge on any atom is -0.488 e. The van der Waals surface area contributed by atoms with Crippen LogP contribution in [0.25, 0.3) is 17.1 Å². The lowest BCUT2D eigenvalue weighted by molar-refractivity contribution is -0.143. The first-order valence-electron chi connectivity index (χ1n) is 13.9. The predicted octanol–water partition coefficient (Wildman–Crippen LogP) is 6.39. The molecule has 5 aromatic rings. The van der Waals surface area contributed by atoms with Crippen LogP contribution in [0.2, 0.25) is 0 Å². The van der Waals surface area contributed by atoms with Crippen LogP contribution in [0, 0.1) is 13.8 Å². The van der Waals surface area contributed by atoms with Crippen molar-refractivity contribution >= 4 is 5.97 Å². The van der Waals surface area contributed by atoms with Crippen LogP contribution >= 0.6 is 0 Å². The highest BCUT2D eigenvalue weighted by Crippen LogP contribution is 2.35. The van der Waals surface area contributed by atoms with Gasteiger partial charge in [0.25, 0.3) is 0 Å². The largest absolute Gasteiger partial charge is 0.488 e. The molecular formula is C32H28F3N5O4. The van der Waals surface area contributed by atoms with Crippen LogP contribution in [0.15, 0.2) is 71.4 Å². The zero-order chi connectivity index (χ0) is 31.0. The molecular weight excluding hydrogens is 575 g/mol. The average molecular weight is 604 g/mol. The molecule has 6 rings (SSSR count). The van der Waals surface area contributed by atoms with Crippen LogP contribution in [-0.2, 0) is 32.3 Å². The summed E-state index contributed by atoms with van der Waals surface area (Å²) in [6.07, 6.45) is -3.39. The maximum atomic E-state index is 13.8. The highest BCUT2D eigenvalue weighted by atomic mass is 19.4. The molecule has 0 radical (unpaired) electrons. The fraction of sp³-hybridized carbons (Fsp3) is 0.250. The number of carbonyl (C=O) groups is 1. The molecule has 0 amide bonds. The van der Waals surface area contributed by atoms with E-state index in [4.69, 9.17) is 9.26 Å². The lowest BCUT2D eigenvalue weighted by Crippen LogP contribution is -2.30. The SMILES string of the molecule is Cc1ccc(OCc2ccc3c(c2)CCN(Cc2cc(C)on2)C3)c(-c2cccc(-n3ncc(C(=O)O)c3C(F)(F)F)n2)c1. The molecule has 1 aliphatic heterocycles. The van der Waals surface area contributed by atoms with Crippen molar-refractivity contribution in [1.82, 2.24) is 24.8 Å². The molecule has 0 aliphatic carbocycles. The summed E-state index contributed by atoms with van der Waals surface area (Å²) in [4.78, 5) is 18.2. The molecule has 2 aromatic carbocycles. The van der Waals surface area contributed by atoms with E-state index >= 15 is 0 Å². The van der Waals surface area contributed by atoms with Gasteiger partial charge in [-0.2, -0.15) is 18.3 Å². The summed E-state index contributed by atoms with van der Waals surface area (Å²) in [5, 5.41) is 17.1. The molecule has 0 fully saturated rings. The Balaban J connectivity index is 1.22. The van der Waals surface area contributed by atoms with Crippen LogP contribution in [0.1, 0.15) is 49.8 Å². The topological polar surface area (TPSA) is 107 Å². The smallest absolute Gasteiger partial charge is 0.434 e. The Morgan fingerprint density at radius 2 is 1.91 bits per heavy atom. The number of fused-ring (bicyclic) bond motifs is 1. The van der Waals surface area contributed by atoms with Gasteiger partial charge in [0, 0.05) is 31.3 Å². The Morgan fingerprint density at radius 1 is 1.07 bits per heavy atom. The molecule has 44 heavy (non-hydrogen) atoms. The molecule has 0 saturated carbocycles. The summed E-state index contributed by atoms with van der Waals surface area (Å²) in [5.74, 6) is -0.590. The number of aryl methyl sites for hydroxylation is 2. The second-order valence-corrected chi connectivity index (χ2v) is 10.8. The fourth-order valence-electron chi connectivity index (χ4n) is 5.38. The zero-order valence-electron chi connectivity index (χ0n) is 23.9. The van der Waals surface area contributed by atoms with Crippen LogP contribution in [-0.4, -0.2) is 42.4 Å². The van der Waals surface area contributed by atoms with Crippen molar-refractivity contribution in [2.24, 2.45) is 0 Å². The van der Waals surface area contributed by atoms with E-state index in [2.05, 4.69) is 32.3 Å². The van der Waals surface area contributed by atoms with Gasteiger partial charge in [0.05, 0.1) is 17.6 Å². The van der Waals surface area contributed by atoms with Gasteiger partial charge in [-0.3, -0.25) is 4.90 Å². The third kappa shape index (κ3) is 6.06. The Morgan fingerprint density at radius 3 is 2.66 bits per heavy atom. The van der Waals surface area contributed by atoms with Crippen molar-refractivity contribution in [2.45, 2.75) is 46.1 Å². The highest BCUT2D eigenvalue weighted by molar-refractivity contribution is 5.89. The van der Waals surface area contributed by atoms with Crippen molar-refractivity contribution in [3.05, 3.63) is 112 Å². The average Bonchev–Trinajstić information content (AvgIpc) is 3.63. The second kappa shape index (κ2) is 11.6. The molecule has 0 spiro atoms. The van der Waals surface area contributed by atoms with Gasteiger partial charge in [0.1, 0.15) is 23.7 Å². The molecule has 9 nitrogen and oxygen atoms in total. The first kappa shape index (κ1) is 29.1. The zero-order valence-corrected chi connectivity index (χ0v) is 23.9. The Bertz CT molecular complexity index is 1850. The molecule has 1 N–H and O–H groups in total. The molecule has 0 unspecified atom stereocenters. The van der Waals surface area contributed by atoms with Gasteiger partial charge in [-0.1, -0.05) is 41.1 Å². The lowest BCUT2D eigenvalue weighted by Gasteiger charge is -2.28. The lowest BCUT2D eigenvalue weighted by atomic mass is 9.97. The van der Waals surface area contributed by atoms with Gasteiger partial charge >= 0.3 is 12.1 Å². The van der Waals surface area contributed by atoms with Crippen molar-refractivity contribution in [1.29, 1.82) is 0 Å². The van der Waals surface area contributed by atoms with Gasteiger partial charge in [0.2, 0.25) is 0 Å². The summed E-state index contributed by atoms with van der Waals surface area (Å²) in [7, 11) is 0. The fourth-order valence-corrected chi connectivity index (χ4v) is 5.38. The second-order valence-electron chi connectivity index (χ2n) is 10.8. The van der Waals surface area contributed by atoms with E-state index < -0.39 is 23.4 Å². The van der Waals surface area contributed by atoms with E-state index in [0.717, 1.165) is 48.6 Å². The van der Waals surface area contributed by atoms with Crippen molar-refractivity contribution in [3.8, 4) is 22.8 Å². The summed E-state index contributed by atoms with van der Waals surface area (Å²) in [6, 6.07) is 18.3. The number of rotatable bonds is 8.